The maximum absolute atomic E-state index is 5.60. The van der Waals surface area contributed by atoms with Gasteiger partial charge in [-0.25, -0.2) is 0 Å². The summed E-state index contributed by atoms with van der Waals surface area (Å²) in [6.07, 6.45) is 0. The van der Waals surface area contributed by atoms with Gasteiger partial charge in [0.25, 0.3) is 0 Å². The van der Waals surface area contributed by atoms with E-state index in [1.807, 2.05) is 38.2 Å². The van der Waals surface area contributed by atoms with Gasteiger partial charge in [0.1, 0.15) is 5.75 Å². The lowest BCUT2D eigenvalue weighted by molar-refractivity contribution is 0.294. The Balaban J connectivity index is 1.88. The molecule has 1 N–H and O–H groups in total. The van der Waals surface area contributed by atoms with Crippen molar-refractivity contribution in [1.82, 2.24) is 25.5 Å². The van der Waals surface area contributed by atoms with Gasteiger partial charge < -0.3 is 10.1 Å². The Morgan fingerprint density at radius 3 is 3.06 bits per heavy atom. The molecule has 6 heteroatoms. The molecule has 0 aliphatic rings. The monoisotopic (exact) mass is 247 g/mol. The van der Waals surface area contributed by atoms with Crippen molar-refractivity contribution in [2.24, 2.45) is 0 Å². The molecular formula is C12H17N5O. The van der Waals surface area contributed by atoms with Gasteiger partial charge in [0.05, 0.1) is 6.54 Å². The number of likely N-dealkylation sites (N-methyl/N-ethyl adjacent to an activating group) is 1. The first-order valence-electron chi connectivity index (χ1n) is 5.88. The van der Waals surface area contributed by atoms with Crippen LogP contribution in [0.1, 0.15) is 11.4 Å². The van der Waals surface area contributed by atoms with E-state index in [0.29, 0.717) is 19.0 Å². The molecule has 0 spiro atoms. The van der Waals surface area contributed by atoms with Gasteiger partial charge in [-0.15, -0.1) is 10.2 Å². The number of ether oxygens (including phenoxy) is 1. The van der Waals surface area contributed by atoms with Crippen molar-refractivity contribution in [1.29, 1.82) is 0 Å². The normalized spacial score (nSPS) is 10.6. The van der Waals surface area contributed by atoms with Crippen LogP contribution in [0, 0.1) is 6.92 Å². The number of hydrogen-bond donors (Lipinski definition) is 1. The second kappa shape index (κ2) is 6.11. The van der Waals surface area contributed by atoms with E-state index in [2.05, 4.69) is 20.7 Å². The lowest BCUT2D eigenvalue weighted by atomic mass is 10.2. The highest BCUT2D eigenvalue weighted by atomic mass is 16.5. The SMILES string of the molecule is CNCCn1nnc(COc2cccc(C)c2)n1. The Kier molecular flexibility index (Phi) is 4.25. The molecular weight excluding hydrogens is 230 g/mol. The van der Waals surface area contributed by atoms with Gasteiger partial charge in [-0.05, 0) is 36.9 Å². The van der Waals surface area contributed by atoms with E-state index < -0.39 is 0 Å². The van der Waals surface area contributed by atoms with Crippen LogP contribution in [0.4, 0.5) is 0 Å². The topological polar surface area (TPSA) is 64.9 Å². The second-order valence-electron chi connectivity index (χ2n) is 4.01. The van der Waals surface area contributed by atoms with Gasteiger partial charge in [-0.2, -0.15) is 4.80 Å². The van der Waals surface area contributed by atoms with Crippen molar-refractivity contribution < 1.29 is 4.74 Å². The summed E-state index contributed by atoms with van der Waals surface area (Å²) in [6, 6.07) is 7.88. The van der Waals surface area contributed by atoms with E-state index in [0.717, 1.165) is 17.9 Å². The predicted octanol–water partition coefficient (Wildman–Crippen LogP) is 0.780. The van der Waals surface area contributed by atoms with E-state index in [4.69, 9.17) is 4.74 Å². The molecule has 0 unspecified atom stereocenters. The van der Waals surface area contributed by atoms with Crippen LogP contribution >= 0.6 is 0 Å². The van der Waals surface area contributed by atoms with Crippen molar-refractivity contribution >= 4 is 0 Å². The summed E-state index contributed by atoms with van der Waals surface area (Å²) in [6.45, 7) is 3.88. The summed E-state index contributed by atoms with van der Waals surface area (Å²) >= 11 is 0. The van der Waals surface area contributed by atoms with E-state index in [9.17, 15) is 0 Å². The van der Waals surface area contributed by atoms with Crippen molar-refractivity contribution in [2.45, 2.75) is 20.1 Å². The van der Waals surface area contributed by atoms with Gasteiger partial charge in [0.2, 0.25) is 5.82 Å². The number of rotatable bonds is 6. The van der Waals surface area contributed by atoms with Gasteiger partial charge in [0, 0.05) is 6.54 Å². The maximum Gasteiger partial charge on any atom is 0.212 e. The number of nitrogens with one attached hydrogen (secondary N) is 1. The quantitative estimate of drug-likeness (QED) is 0.817. The minimum atomic E-state index is 0.336. The lowest BCUT2D eigenvalue weighted by Crippen LogP contribution is -2.16. The van der Waals surface area contributed by atoms with Crippen molar-refractivity contribution in [2.75, 3.05) is 13.6 Å². The number of nitrogens with zero attached hydrogens (tertiary/aromatic N) is 4. The molecule has 0 saturated heterocycles. The van der Waals surface area contributed by atoms with Crippen LogP contribution < -0.4 is 10.1 Å². The minimum absolute atomic E-state index is 0.336. The van der Waals surface area contributed by atoms with Crippen LogP contribution in [0.25, 0.3) is 0 Å². The largest absolute Gasteiger partial charge is 0.485 e. The van der Waals surface area contributed by atoms with Gasteiger partial charge in [-0.3, -0.25) is 0 Å². The standard InChI is InChI=1S/C12H17N5O/c1-10-4-3-5-11(8-10)18-9-12-14-16-17(15-12)7-6-13-2/h3-5,8,13H,6-7,9H2,1-2H3. The molecule has 2 rings (SSSR count). The first-order chi connectivity index (χ1) is 8.78. The van der Waals surface area contributed by atoms with Crippen LogP contribution in [0.15, 0.2) is 24.3 Å². The van der Waals surface area contributed by atoms with E-state index in [-0.39, 0.29) is 0 Å². The Labute approximate surface area is 106 Å². The Morgan fingerprint density at radius 2 is 2.28 bits per heavy atom. The van der Waals surface area contributed by atoms with Crippen molar-refractivity contribution in [3.05, 3.63) is 35.7 Å². The molecule has 0 aliphatic carbocycles. The van der Waals surface area contributed by atoms with E-state index >= 15 is 0 Å². The molecule has 1 heterocycles. The lowest BCUT2D eigenvalue weighted by Gasteiger charge is -2.03. The Hall–Kier alpha value is -1.95. The predicted molar refractivity (Wildman–Crippen MR) is 67.3 cm³/mol. The first kappa shape index (κ1) is 12.5. The summed E-state index contributed by atoms with van der Waals surface area (Å²) in [7, 11) is 1.89. The zero-order valence-corrected chi connectivity index (χ0v) is 10.6. The number of aryl methyl sites for hydroxylation is 1. The van der Waals surface area contributed by atoms with Gasteiger partial charge >= 0.3 is 0 Å². The molecule has 0 amide bonds. The third-order valence-electron chi connectivity index (χ3n) is 2.41. The highest BCUT2D eigenvalue weighted by Crippen LogP contribution is 2.13. The summed E-state index contributed by atoms with van der Waals surface area (Å²) in [5, 5.41) is 15.1. The van der Waals surface area contributed by atoms with Crippen molar-refractivity contribution in [3.63, 3.8) is 0 Å². The van der Waals surface area contributed by atoms with Crippen LogP contribution in [0.5, 0.6) is 5.75 Å². The average molecular weight is 247 g/mol. The van der Waals surface area contributed by atoms with Crippen molar-refractivity contribution in [3.8, 4) is 5.75 Å². The smallest absolute Gasteiger partial charge is 0.212 e. The molecule has 0 saturated carbocycles. The molecule has 6 nitrogen and oxygen atoms in total. The summed E-state index contributed by atoms with van der Waals surface area (Å²) < 4.78 is 5.60. The molecule has 0 fully saturated rings. The fraction of sp³-hybridized carbons (Fsp3) is 0.417. The highest BCUT2D eigenvalue weighted by molar-refractivity contribution is 5.27. The number of tetrazole rings is 1. The second-order valence-corrected chi connectivity index (χ2v) is 4.01. The van der Waals surface area contributed by atoms with Crippen LogP contribution in [0.3, 0.4) is 0 Å². The van der Waals surface area contributed by atoms with E-state index in [1.165, 1.54) is 0 Å². The Bertz CT molecular complexity index is 497. The first-order valence-corrected chi connectivity index (χ1v) is 5.88. The minimum Gasteiger partial charge on any atom is -0.485 e. The molecule has 96 valence electrons. The molecule has 0 bridgehead atoms. The summed E-state index contributed by atoms with van der Waals surface area (Å²) in [5.41, 5.74) is 1.16. The fourth-order valence-electron chi connectivity index (χ4n) is 1.49. The summed E-state index contributed by atoms with van der Waals surface area (Å²) in [5.74, 6) is 1.41. The molecule has 18 heavy (non-hydrogen) atoms. The fourth-order valence-corrected chi connectivity index (χ4v) is 1.49. The van der Waals surface area contributed by atoms with E-state index in [1.54, 1.807) is 4.80 Å². The third-order valence-corrected chi connectivity index (χ3v) is 2.41. The van der Waals surface area contributed by atoms with Gasteiger partial charge in [0.15, 0.2) is 6.61 Å². The maximum atomic E-state index is 5.60. The Morgan fingerprint density at radius 1 is 1.39 bits per heavy atom. The molecule has 2 aromatic rings. The van der Waals surface area contributed by atoms with Crippen LogP contribution in [-0.2, 0) is 13.2 Å². The zero-order chi connectivity index (χ0) is 12.8. The average Bonchev–Trinajstić information content (AvgIpc) is 2.82. The van der Waals surface area contributed by atoms with Gasteiger partial charge in [-0.1, -0.05) is 12.1 Å². The molecule has 0 radical (unpaired) electrons. The molecule has 1 aromatic heterocycles. The number of hydrogen-bond acceptors (Lipinski definition) is 5. The number of benzene rings is 1. The molecule has 0 aliphatic heterocycles. The molecule has 1 aromatic carbocycles. The number of aromatic nitrogens is 4. The van der Waals surface area contributed by atoms with Crippen LogP contribution in [-0.4, -0.2) is 33.8 Å². The third kappa shape index (κ3) is 3.53. The highest BCUT2D eigenvalue weighted by Gasteiger charge is 2.03. The zero-order valence-electron chi connectivity index (χ0n) is 10.6. The summed E-state index contributed by atoms with van der Waals surface area (Å²) in [4.78, 5) is 1.56. The van der Waals surface area contributed by atoms with Crippen LogP contribution in [0.2, 0.25) is 0 Å². The molecule has 0 atom stereocenters.